The summed E-state index contributed by atoms with van der Waals surface area (Å²) in [5.74, 6) is 0.768. The Kier molecular flexibility index (Phi) is 11.3. The molecule has 0 amide bonds. The lowest BCUT2D eigenvalue weighted by atomic mass is 10.4. The normalized spacial score (nSPS) is 11.5. The SMILES string of the molecule is CC=O.CCN(CC)/C(N)=C/C=C(/C)N. The standard InChI is InChI=1S/C9H19N3.C2H4O/c1-4-12(5-2)9(11)7-6-8(3)10;1-2-3/h6-7H,4-5,10-11H2,1-3H3;2H,1H3/b8-6-,9-7+;. The number of allylic oxidation sites excluding steroid dienone is 3. The molecule has 0 unspecified atom stereocenters. The fourth-order valence-corrected chi connectivity index (χ4v) is 0.911. The maximum Gasteiger partial charge on any atom is 0.116 e. The number of nitrogens with two attached hydrogens (primary N) is 2. The summed E-state index contributed by atoms with van der Waals surface area (Å²) in [7, 11) is 0. The van der Waals surface area contributed by atoms with Crippen molar-refractivity contribution in [2.75, 3.05) is 13.1 Å². The molecular formula is C11H23N3O. The van der Waals surface area contributed by atoms with Gasteiger partial charge in [0.15, 0.2) is 0 Å². The maximum atomic E-state index is 8.81. The van der Waals surface area contributed by atoms with Crippen molar-refractivity contribution in [2.24, 2.45) is 11.5 Å². The monoisotopic (exact) mass is 213 g/mol. The van der Waals surface area contributed by atoms with E-state index in [0.29, 0.717) is 0 Å². The first-order chi connectivity index (χ1) is 7.03. The Balaban J connectivity index is 0. The number of aldehydes is 1. The van der Waals surface area contributed by atoms with E-state index in [1.165, 1.54) is 6.92 Å². The van der Waals surface area contributed by atoms with E-state index < -0.39 is 0 Å². The molecule has 0 radical (unpaired) electrons. The van der Waals surface area contributed by atoms with Gasteiger partial charge in [0.25, 0.3) is 0 Å². The lowest BCUT2D eigenvalue weighted by Gasteiger charge is -2.20. The van der Waals surface area contributed by atoms with Crippen LogP contribution in [-0.4, -0.2) is 24.3 Å². The molecule has 0 aliphatic heterocycles. The summed E-state index contributed by atoms with van der Waals surface area (Å²) < 4.78 is 0. The van der Waals surface area contributed by atoms with Crippen LogP contribution in [0.5, 0.6) is 0 Å². The molecule has 15 heavy (non-hydrogen) atoms. The van der Waals surface area contributed by atoms with Crippen molar-refractivity contribution in [1.29, 1.82) is 0 Å². The molecular weight excluding hydrogens is 190 g/mol. The van der Waals surface area contributed by atoms with Gasteiger partial charge >= 0.3 is 0 Å². The van der Waals surface area contributed by atoms with Gasteiger partial charge in [-0.05, 0) is 39.8 Å². The van der Waals surface area contributed by atoms with Crippen molar-refractivity contribution in [2.45, 2.75) is 27.7 Å². The molecule has 4 N–H and O–H groups in total. The molecule has 0 spiro atoms. The molecule has 88 valence electrons. The number of carbonyl (C=O) groups is 1. The summed E-state index contributed by atoms with van der Waals surface area (Å²) in [6.07, 6.45) is 4.40. The van der Waals surface area contributed by atoms with Crippen LogP contribution in [-0.2, 0) is 4.79 Å². The van der Waals surface area contributed by atoms with E-state index in [9.17, 15) is 0 Å². The van der Waals surface area contributed by atoms with Crippen LogP contribution in [0.4, 0.5) is 0 Å². The predicted octanol–water partition coefficient (Wildman–Crippen LogP) is 1.20. The van der Waals surface area contributed by atoms with Gasteiger partial charge < -0.3 is 21.2 Å². The largest absolute Gasteiger partial charge is 0.402 e. The van der Waals surface area contributed by atoms with Crippen molar-refractivity contribution in [3.05, 3.63) is 23.7 Å². The highest BCUT2D eigenvalue weighted by Crippen LogP contribution is 1.96. The highest BCUT2D eigenvalue weighted by molar-refractivity contribution is 5.44. The summed E-state index contributed by atoms with van der Waals surface area (Å²) in [6, 6.07) is 0. The van der Waals surface area contributed by atoms with Crippen LogP contribution in [0, 0.1) is 0 Å². The summed E-state index contributed by atoms with van der Waals surface area (Å²) in [5.41, 5.74) is 12.0. The molecule has 0 aliphatic carbocycles. The predicted molar refractivity (Wildman–Crippen MR) is 64.9 cm³/mol. The second-order valence-electron chi connectivity index (χ2n) is 2.91. The molecule has 0 rings (SSSR count). The van der Waals surface area contributed by atoms with Crippen molar-refractivity contribution in [3.8, 4) is 0 Å². The number of hydrogen-bond acceptors (Lipinski definition) is 4. The Hall–Kier alpha value is -1.45. The van der Waals surface area contributed by atoms with Crippen molar-refractivity contribution < 1.29 is 4.79 Å². The van der Waals surface area contributed by atoms with Gasteiger partial charge in [0.1, 0.15) is 6.29 Å². The van der Waals surface area contributed by atoms with E-state index >= 15 is 0 Å². The lowest BCUT2D eigenvalue weighted by Crippen LogP contribution is -2.27. The number of nitrogens with zero attached hydrogens (tertiary/aromatic N) is 1. The van der Waals surface area contributed by atoms with Gasteiger partial charge in [0.05, 0.1) is 5.82 Å². The quantitative estimate of drug-likeness (QED) is 0.543. The molecule has 0 atom stereocenters. The summed E-state index contributed by atoms with van der Waals surface area (Å²) in [5, 5.41) is 0. The first-order valence-electron chi connectivity index (χ1n) is 5.07. The molecule has 0 aromatic carbocycles. The fraction of sp³-hybridized carbons (Fsp3) is 0.545. The maximum absolute atomic E-state index is 8.81. The van der Waals surface area contributed by atoms with E-state index in [4.69, 9.17) is 16.3 Å². The van der Waals surface area contributed by atoms with E-state index in [1.807, 2.05) is 19.1 Å². The second-order valence-corrected chi connectivity index (χ2v) is 2.91. The zero-order chi connectivity index (χ0) is 12.3. The molecule has 0 aromatic rings. The van der Waals surface area contributed by atoms with Gasteiger partial charge in [-0.3, -0.25) is 0 Å². The number of rotatable bonds is 4. The lowest BCUT2D eigenvalue weighted by molar-refractivity contribution is -0.106. The molecule has 0 heterocycles. The van der Waals surface area contributed by atoms with E-state index in [2.05, 4.69) is 18.7 Å². The van der Waals surface area contributed by atoms with Gasteiger partial charge in [-0.1, -0.05) is 0 Å². The van der Waals surface area contributed by atoms with Crippen LogP contribution >= 0.6 is 0 Å². The minimum Gasteiger partial charge on any atom is -0.402 e. The van der Waals surface area contributed by atoms with Gasteiger partial charge in [-0.2, -0.15) is 0 Å². The van der Waals surface area contributed by atoms with Gasteiger partial charge in [0, 0.05) is 18.8 Å². The molecule has 4 heteroatoms. The zero-order valence-corrected chi connectivity index (χ0v) is 10.2. The molecule has 0 saturated carbocycles. The second kappa shape index (κ2) is 10.6. The van der Waals surface area contributed by atoms with Crippen LogP contribution in [0.3, 0.4) is 0 Å². The Bertz CT molecular complexity index is 214. The first-order valence-corrected chi connectivity index (χ1v) is 5.07. The van der Waals surface area contributed by atoms with Gasteiger partial charge in [-0.15, -0.1) is 0 Å². The Morgan fingerprint density at radius 1 is 1.20 bits per heavy atom. The zero-order valence-electron chi connectivity index (χ0n) is 10.2. The first kappa shape index (κ1) is 16.0. The molecule has 0 fully saturated rings. The number of carbonyl (C=O) groups excluding carboxylic acids is 1. The molecule has 0 saturated heterocycles. The third kappa shape index (κ3) is 10.5. The minimum absolute atomic E-state index is 0.750. The summed E-state index contributed by atoms with van der Waals surface area (Å²) in [4.78, 5) is 10.9. The van der Waals surface area contributed by atoms with Gasteiger partial charge in [-0.25, -0.2) is 0 Å². The third-order valence-electron chi connectivity index (χ3n) is 1.65. The molecule has 4 nitrogen and oxygen atoms in total. The van der Waals surface area contributed by atoms with Crippen LogP contribution < -0.4 is 11.5 Å². The Morgan fingerprint density at radius 2 is 1.60 bits per heavy atom. The van der Waals surface area contributed by atoms with Crippen molar-refractivity contribution >= 4 is 6.29 Å². The fourth-order valence-electron chi connectivity index (χ4n) is 0.911. The summed E-state index contributed by atoms with van der Waals surface area (Å²) >= 11 is 0. The van der Waals surface area contributed by atoms with Gasteiger partial charge in [0.2, 0.25) is 0 Å². The topological polar surface area (TPSA) is 72.3 Å². The highest BCUT2D eigenvalue weighted by Gasteiger charge is 1.97. The third-order valence-corrected chi connectivity index (χ3v) is 1.65. The van der Waals surface area contributed by atoms with Crippen LogP contribution in [0.25, 0.3) is 0 Å². The number of hydrogen-bond donors (Lipinski definition) is 2. The smallest absolute Gasteiger partial charge is 0.116 e. The van der Waals surface area contributed by atoms with E-state index in [1.54, 1.807) is 0 Å². The van der Waals surface area contributed by atoms with Crippen LogP contribution in [0.1, 0.15) is 27.7 Å². The average molecular weight is 213 g/mol. The molecule has 0 aliphatic rings. The van der Waals surface area contributed by atoms with E-state index in [-0.39, 0.29) is 0 Å². The van der Waals surface area contributed by atoms with Crippen LogP contribution in [0.2, 0.25) is 0 Å². The summed E-state index contributed by atoms with van der Waals surface area (Å²) in [6.45, 7) is 9.28. The van der Waals surface area contributed by atoms with Crippen molar-refractivity contribution in [1.82, 2.24) is 4.90 Å². The highest BCUT2D eigenvalue weighted by atomic mass is 16.1. The Morgan fingerprint density at radius 3 is 1.87 bits per heavy atom. The molecule has 0 bridgehead atoms. The molecule has 0 aromatic heterocycles. The van der Waals surface area contributed by atoms with E-state index in [0.717, 1.165) is 30.9 Å². The van der Waals surface area contributed by atoms with Crippen LogP contribution in [0.15, 0.2) is 23.7 Å². The van der Waals surface area contributed by atoms with Crippen molar-refractivity contribution in [3.63, 3.8) is 0 Å². The minimum atomic E-state index is 0.750. The Labute approximate surface area is 92.6 Å². The average Bonchev–Trinajstić information content (AvgIpc) is 2.18.